The zero-order chi connectivity index (χ0) is 14.3. The first-order valence-electron chi connectivity index (χ1n) is 7.60. The molecule has 1 amide bonds. The number of hydrogen-bond acceptors (Lipinski definition) is 3. The van der Waals surface area contributed by atoms with Gasteiger partial charge in [-0.15, -0.1) is 0 Å². The van der Waals surface area contributed by atoms with Crippen molar-refractivity contribution >= 4 is 5.91 Å². The van der Waals surface area contributed by atoms with Crippen molar-refractivity contribution in [2.75, 3.05) is 13.1 Å². The van der Waals surface area contributed by atoms with Gasteiger partial charge in [-0.2, -0.15) is 5.10 Å². The molecular weight excluding hydrogens is 252 g/mol. The average molecular weight is 276 g/mol. The van der Waals surface area contributed by atoms with Crippen molar-refractivity contribution in [2.45, 2.75) is 51.1 Å². The number of carbonyl (C=O) groups excluding carboxylic acids is 1. The zero-order valence-corrected chi connectivity index (χ0v) is 12.6. The molecule has 1 aromatic rings. The minimum absolute atomic E-state index is 0.156. The second-order valence-corrected chi connectivity index (χ2v) is 6.26. The summed E-state index contributed by atoms with van der Waals surface area (Å²) >= 11 is 0. The monoisotopic (exact) mass is 276 g/mol. The van der Waals surface area contributed by atoms with E-state index in [0.717, 1.165) is 26.1 Å². The van der Waals surface area contributed by atoms with Gasteiger partial charge in [0.15, 0.2) is 0 Å². The number of amides is 1. The Bertz CT molecular complexity index is 520. The fraction of sp³-hybridized carbons (Fsp3) is 0.733. The molecule has 5 nitrogen and oxygen atoms in total. The van der Waals surface area contributed by atoms with Crippen molar-refractivity contribution in [1.29, 1.82) is 0 Å². The highest BCUT2D eigenvalue weighted by Gasteiger charge is 2.41. The summed E-state index contributed by atoms with van der Waals surface area (Å²) < 4.78 is 2.01. The predicted molar refractivity (Wildman–Crippen MR) is 77.3 cm³/mol. The van der Waals surface area contributed by atoms with Crippen LogP contribution in [0.1, 0.15) is 50.3 Å². The Kier molecular flexibility index (Phi) is 3.32. The third kappa shape index (κ3) is 2.14. The quantitative estimate of drug-likeness (QED) is 0.904. The molecule has 2 heterocycles. The molecule has 1 atom stereocenters. The summed E-state index contributed by atoms with van der Waals surface area (Å²) in [6.45, 7) is 6.62. The largest absolute Gasteiger partial charge is 0.353 e. The van der Waals surface area contributed by atoms with Crippen molar-refractivity contribution in [1.82, 2.24) is 20.0 Å². The Morgan fingerprint density at radius 2 is 2.25 bits per heavy atom. The molecule has 1 aliphatic heterocycles. The van der Waals surface area contributed by atoms with Crippen LogP contribution in [0.2, 0.25) is 0 Å². The summed E-state index contributed by atoms with van der Waals surface area (Å²) in [5.74, 6) is 0.840. The molecule has 1 unspecified atom stereocenters. The molecule has 1 aliphatic carbocycles. The van der Waals surface area contributed by atoms with Crippen LogP contribution in [0.25, 0.3) is 0 Å². The lowest BCUT2D eigenvalue weighted by Gasteiger charge is -2.43. The Labute approximate surface area is 120 Å². The molecule has 0 bridgehead atoms. The van der Waals surface area contributed by atoms with Crippen LogP contribution in [-0.2, 0) is 18.4 Å². The molecule has 1 saturated carbocycles. The molecule has 1 N–H and O–H groups in total. The van der Waals surface area contributed by atoms with Gasteiger partial charge in [-0.25, -0.2) is 0 Å². The van der Waals surface area contributed by atoms with E-state index in [9.17, 15) is 4.79 Å². The Balaban J connectivity index is 1.84. The molecule has 2 fully saturated rings. The molecule has 0 aromatic carbocycles. The van der Waals surface area contributed by atoms with Gasteiger partial charge in [0.05, 0.1) is 11.7 Å². The van der Waals surface area contributed by atoms with Gasteiger partial charge in [0.1, 0.15) is 0 Å². The molecule has 110 valence electrons. The molecule has 0 spiro atoms. The Morgan fingerprint density at radius 1 is 1.50 bits per heavy atom. The van der Waals surface area contributed by atoms with Gasteiger partial charge >= 0.3 is 0 Å². The van der Waals surface area contributed by atoms with E-state index in [1.807, 2.05) is 17.9 Å². The van der Waals surface area contributed by atoms with Crippen LogP contribution in [-0.4, -0.2) is 39.2 Å². The summed E-state index contributed by atoms with van der Waals surface area (Å²) in [7, 11) is 2.03. The third-order valence-electron chi connectivity index (χ3n) is 4.93. The van der Waals surface area contributed by atoms with E-state index < -0.39 is 5.54 Å². The lowest BCUT2D eigenvalue weighted by Crippen LogP contribution is -2.62. The Morgan fingerprint density at radius 3 is 2.90 bits per heavy atom. The molecule has 1 aromatic heterocycles. The van der Waals surface area contributed by atoms with Crippen molar-refractivity contribution in [3.05, 3.63) is 17.5 Å². The van der Waals surface area contributed by atoms with Crippen LogP contribution < -0.4 is 5.32 Å². The second kappa shape index (κ2) is 4.88. The molecule has 2 aliphatic rings. The number of piperazine rings is 1. The van der Waals surface area contributed by atoms with Crippen LogP contribution in [0.5, 0.6) is 0 Å². The summed E-state index contributed by atoms with van der Waals surface area (Å²) in [5.41, 5.74) is 2.27. The number of aryl methyl sites for hydroxylation is 1. The van der Waals surface area contributed by atoms with Gasteiger partial charge in [-0.1, -0.05) is 6.92 Å². The minimum Gasteiger partial charge on any atom is -0.353 e. The van der Waals surface area contributed by atoms with Gasteiger partial charge in [0, 0.05) is 43.9 Å². The van der Waals surface area contributed by atoms with Crippen LogP contribution in [0, 0.1) is 0 Å². The van der Waals surface area contributed by atoms with Crippen molar-refractivity contribution in [3.8, 4) is 0 Å². The van der Waals surface area contributed by atoms with Crippen LogP contribution in [0.15, 0.2) is 6.20 Å². The van der Waals surface area contributed by atoms with E-state index in [2.05, 4.69) is 29.2 Å². The fourth-order valence-corrected chi connectivity index (χ4v) is 3.23. The first kappa shape index (κ1) is 13.6. The predicted octanol–water partition coefficient (Wildman–Crippen LogP) is 1.40. The van der Waals surface area contributed by atoms with Crippen molar-refractivity contribution < 1.29 is 4.79 Å². The number of nitrogens with zero attached hydrogens (tertiary/aromatic N) is 3. The SMILES string of the molecule is CCC1(C)C(=O)NCCN1Cc1cnn(C)c1C1CC1. The lowest BCUT2D eigenvalue weighted by molar-refractivity contribution is -0.137. The maximum Gasteiger partial charge on any atom is 0.240 e. The van der Waals surface area contributed by atoms with Gasteiger partial charge in [-0.05, 0) is 26.2 Å². The van der Waals surface area contributed by atoms with E-state index in [1.54, 1.807) is 0 Å². The molecule has 3 rings (SSSR count). The van der Waals surface area contributed by atoms with Gasteiger partial charge in [0.25, 0.3) is 0 Å². The molecule has 0 radical (unpaired) electrons. The lowest BCUT2D eigenvalue weighted by atomic mass is 9.92. The molecule has 1 saturated heterocycles. The summed E-state index contributed by atoms with van der Waals surface area (Å²) in [6.07, 6.45) is 5.37. The van der Waals surface area contributed by atoms with Gasteiger partial charge in [-0.3, -0.25) is 14.4 Å². The smallest absolute Gasteiger partial charge is 0.240 e. The van der Waals surface area contributed by atoms with Crippen molar-refractivity contribution in [2.24, 2.45) is 7.05 Å². The third-order valence-corrected chi connectivity index (χ3v) is 4.93. The number of aromatic nitrogens is 2. The number of rotatable bonds is 4. The standard InChI is InChI=1S/C15H24N4O/c1-4-15(2)14(20)16-7-8-19(15)10-12-9-17-18(3)13(12)11-5-6-11/h9,11H,4-8,10H2,1-3H3,(H,16,20). The topological polar surface area (TPSA) is 50.2 Å². The highest BCUT2D eigenvalue weighted by atomic mass is 16.2. The number of carbonyl (C=O) groups is 1. The maximum absolute atomic E-state index is 12.2. The van der Waals surface area contributed by atoms with E-state index in [0.29, 0.717) is 5.92 Å². The van der Waals surface area contributed by atoms with Crippen LogP contribution in [0.4, 0.5) is 0 Å². The van der Waals surface area contributed by atoms with E-state index in [1.165, 1.54) is 24.1 Å². The zero-order valence-electron chi connectivity index (χ0n) is 12.6. The summed E-state index contributed by atoms with van der Waals surface area (Å²) in [6, 6.07) is 0. The average Bonchev–Trinajstić information content (AvgIpc) is 3.20. The van der Waals surface area contributed by atoms with Crippen molar-refractivity contribution in [3.63, 3.8) is 0 Å². The van der Waals surface area contributed by atoms with Gasteiger partial charge < -0.3 is 5.32 Å². The summed E-state index contributed by atoms with van der Waals surface area (Å²) in [5, 5.41) is 7.42. The highest BCUT2D eigenvalue weighted by molar-refractivity contribution is 5.86. The highest BCUT2D eigenvalue weighted by Crippen LogP contribution is 2.42. The van der Waals surface area contributed by atoms with Crippen LogP contribution in [0.3, 0.4) is 0 Å². The fourth-order valence-electron chi connectivity index (χ4n) is 3.23. The molecular formula is C15H24N4O. The number of hydrogen-bond donors (Lipinski definition) is 1. The first-order chi connectivity index (χ1) is 9.56. The normalized spacial score (nSPS) is 27.6. The number of nitrogens with one attached hydrogen (secondary N) is 1. The van der Waals surface area contributed by atoms with E-state index in [4.69, 9.17) is 0 Å². The van der Waals surface area contributed by atoms with E-state index in [-0.39, 0.29) is 5.91 Å². The maximum atomic E-state index is 12.2. The minimum atomic E-state index is -0.394. The Hall–Kier alpha value is -1.36. The van der Waals surface area contributed by atoms with E-state index >= 15 is 0 Å². The second-order valence-electron chi connectivity index (χ2n) is 6.26. The first-order valence-corrected chi connectivity index (χ1v) is 7.60. The summed E-state index contributed by atoms with van der Waals surface area (Å²) in [4.78, 5) is 14.5. The van der Waals surface area contributed by atoms with Gasteiger partial charge in [0.2, 0.25) is 5.91 Å². The van der Waals surface area contributed by atoms with Crippen LogP contribution >= 0.6 is 0 Å². The molecule has 20 heavy (non-hydrogen) atoms. The molecule has 5 heteroatoms.